The number of carboxylic acids is 1. The Morgan fingerprint density at radius 3 is 2.24 bits per heavy atom. The summed E-state index contributed by atoms with van der Waals surface area (Å²) in [6, 6.07) is 3.29. The molecule has 7 heteroatoms. The van der Waals surface area contributed by atoms with E-state index < -0.39 is 18.0 Å². The number of hydrogen-bond acceptors (Lipinski definition) is 4. The molecular formula is C18H24N2O5. The standard InChI is InChI=1S/C18H24N2O5/c1-11-7-13(8-12(2)15(11)25-9-14(21)22)16(23)20-10-18(17(19)24)5-3-4-6-18/h7-8H,3-6,9-10H2,1-2H3,(H2,19,24)(H,20,23)(H,21,22). The van der Waals surface area contributed by atoms with Crippen molar-refractivity contribution >= 4 is 17.8 Å². The van der Waals surface area contributed by atoms with Crippen molar-refractivity contribution in [2.24, 2.45) is 11.1 Å². The number of nitrogens with two attached hydrogens (primary N) is 1. The van der Waals surface area contributed by atoms with Crippen LogP contribution in [0.2, 0.25) is 0 Å². The lowest BCUT2D eigenvalue weighted by Gasteiger charge is -2.25. The molecule has 1 saturated carbocycles. The summed E-state index contributed by atoms with van der Waals surface area (Å²) in [4.78, 5) is 34.8. The second-order valence-electron chi connectivity index (χ2n) is 6.66. The molecule has 0 aromatic heterocycles. The first-order valence-corrected chi connectivity index (χ1v) is 8.29. The van der Waals surface area contributed by atoms with Crippen LogP contribution in [0.4, 0.5) is 0 Å². The summed E-state index contributed by atoms with van der Waals surface area (Å²) in [6.45, 7) is 3.30. The van der Waals surface area contributed by atoms with Gasteiger partial charge in [-0.2, -0.15) is 0 Å². The molecule has 0 aliphatic heterocycles. The van der Waals surface area contributed by atoms with E-state index in [-0.39, 0.29) is 18.4 Å². The van der Waals surface area contributed by atoms with Crippen molar-refractivity contribution in [3.05, 3.63) is 28.8 Å². The van der Waals surface area contributed by atoms with Gasteiger partial charge < -0.3 is 20.9 Å². The molecule has 2 amide bonds. The van der Waals surface area contributed by atoms with Gasteiger partial charge in [0.05, 0.1) is 5.41 Å². The zero-order chi connectivity index (χ0) is 18.6. The second-order valence-corrected chi connectivity index (χ2v) is 6.66. The van der Waals surface area contributed by atoms with E-state index >= 15 is 0 Å². The van der Waals surface area contributed by atoms with Gasteiger partial charge in [0.15, 0.2) is 6.61 Å². The average molecular weight is 348 g/mol. The number of nitrogens with one attached hydrogen (secondary N) is 1. The highest BCUT2D eigenvalue weighted by Gasteiger charge is 2.39. The van der Waals surface area contributed by atoms with Gasteiger partial charge in [0.1, 0.15) is 5.75 Å². The Kier molecular flexibility index (Phi) is 5.66. The summed E-state index contributed by atoms with van der Waals surface area (Å²) in [5.41, 5.74) is 6.68. The van der Waals surface area contributed by atoms with Crippen molar-refractivity contribution in [3.63, 3.8) is 0 Å². The Labute approximate surface area is 146 Å². The molecule has 1 fully saturated rings. The molecule has 1 aliphatic rings. The summed E-state index contributed by atoms with van der Waals surface area (Å²) < 4.78 is 5.26. The Morgan fingerprint density at radius 2 is 1.76 bits per heavy atom. The third kappa shape index (κ3) is 4.29. The molecule has 0 bridgehead atoms. The number of ether oxygens (including phenoxy) is 1. The van der Waals surface area contributed by atoms with Crippen LogP contribution in [-0.2, 0) is 9.59 Å². The predicted molar refractivity (Wildman–Crippen MR) is 91.5 cm³/mol. The van der Waals surface area contributed by atoms with Gasteiger partial charge in [-0.25, -0.2) is 4.79 Å². The topological polar surface area (TPSA) is 119 Å². The minimum Gasteiger partial charge on any atom is -0.481 e. The number of carbonyl (C=O) groups excluding carboxylic acids is 2. The van der Waals surface area contributed by atoms with Crippen molar-refractivity contribution in [1.82, 2.24) is 5.32 Å². The molecule has 2 rings (SSSR count). The van der Waals surface area contributed by atoms with Crippen LogP contribution in [0, 0.1) is 19.3 Å². The normalized spacial score (nSPS) is 15.6. The van der Waals surface area contributed by atoms with Gasteiger partial charge in [-0.1, -0.05) is 12.8 Å². The number of primary amides is 1. The maximum absolute atomic E-state index is 12.4. The monoisotopic (exact) mass is 348 g/mol. The molecule has 7 nitrogen and oxygen atoms in total. The van der Waals surface area contributed by atoms with Crippen molar-refractivity contribution in [2.75, 3.05) is 13.2 Å². The molecule has 1 aromatic carbocycles. The summed E-state index contributed by atoms with van der Waals surface area (Å²) in [5.74, 6) is -1.25. The van der Waals surface area contributed by atoms with Gasteiger partial charge in [-0.3, -0.25) is 9.59 Å². The molecule has 0 atom stereocenters. The van der Waals surface area contributed by atoms with Crippen LogP contribution in [0.5, 0.6) is 5.75 Å². The van der Waals surface area contributed by atoms with Crippen LogP contribution < -0.4 is 15.8 Å². The van der Waals surface area contributed by atoms with Gasteiger partial charge in [-0.05, 0) is 49.9 Å². The van der Waals surface area contributed by atoms with E-state index in [0.29, 0.717) is 35.3 Å². The summed E-state index contributed by atoms with van der Waals surface area (Å²) in [5, 5.41) is 11.5. The first-order valence-electron chi connectivity index (χ1n) is 8.29. The maximum atomic E-state index is 12.4. The highest BCUT2D eigenvalue weighted by atomic mass is 16.5. The number of aryl methyl sites for hydroxylation is 2. The molecule has 1 aliphatic carbocycles. The van der Waals surface area contributed by atoms with E-state index in [1.165, 1.54) is 0 Å². The molecule has 0 unspecified atom stereocenters. The summed E-state index contributed by atoms with van der Waals surface area (Å²) >= 11 is 0. The lowest BCUT2D eigenvalue weighted by Crippen LogP contribution is -2.44. The molecule has 1 aromatic rings. The Balaban J connectivity index is 2.09. The Morgan fingerprint density at radius 1 is 1.20 bits per heavy atom. The molecule has 25 heavy (non-hydrogen) atoms. The summed E-state index contributed by atoms with van der Waals surface area (Å²) in [7, 11) is 0. The predicted octanol–water partition coefficient (Wildman–Crippen LogP) is 1.54. The second kappa shape index (κ2) is 7.55. The molecule has 4 N–H and O–H groups in total. The van der Waals surface area contributed by atoms with Crippen LogP contribution in [0.3, 0.4) is 0 Å². The van der Waals surface area contributed by atoms with E-state index in [2.05, 4.69) is 5.32 Å². The molecule has 136 valence electrons. The quantitative estimate of drug-likeness (QED) is 0.690. The number of amides is 2. The molecule has 0 radical (unpaired) electrons. The van der Waals surface area contributed by atoms with Crippen LogP contribution in [0.25, 0.3) is 0 Å². The zero-order valence-corrected chi connectivity index (χ0v) is 14.6. The zero-order valence-electron chi connectivity index (χ0n) is 14.6. The van der Waals surface area contributed by atoms with Crippen LogP contribution in [0.1, 0.15) is 47.2 Å². The van der Waals surface area contributed by atoms with Crippen molar-refractivity contribution in [3.8, 4) is 5.75 Å². The van der Waals surface area contributed by atoms with Gasteiger partial charge >= 0.3 is 5.97 Å². The van der Waals surface area contributed by atoms with Gasteiger partial charge in [-0.15, -0.1) is 0 Å². The Bertz CT molecular complexity index is 670. The molecule has 0 heterocycles. The van der Waals surface area contributed by atoms with E-state index in [9.17, 15) is 14.4 Å². The van der Waals surface area contributed by atoms with E-state index in [1.54, 1.807) is 26.0 Å². The van der Waals surface area contributed by atoms with E-state index in [1.807, 2.05) is 0 Å². The van der Waals surface area contributed by atoms with Crippen LogP contribution in [-0.4, -0.2) is 36.0 Å². The van der Waals surface area contributed by atoms with E-state index in [0.717, 1.165) is 12.8 Å². The summed E-state index contributed by atoms with van der Waals surface area (Å²) in [6.07, 6.45) is 3.27. The van der Waals surface area contributed by atoms with Crippen molar-refractivity contribution in [2.45, 2.75) is 39.5 Å². The minimum absolute atomic E-state index is 0.233. The molecule has 0 spiro atoms. The number of carbonyl (C=O) groups is 3. The number of aliphatic carboxylic acids is 1. The SMILES string of the molecule is Cc1cc(C(=O)NCC2(C(N)=O)CCCC2)cc(C)c1OCC(=O)O. The lowest BCUT2D eigenvalue weighted by molar-refractivity contribution is -0.139. The highest BCUT2D eigenvalue weighted by Crippen LogP contribution is 2.37. The number of carboxylic acid groups (broad SMARTS) is 1. The van der Waals surface area contributed by atoms with Crippen LogP contribution >= 0.6 is 0 Å². The van der Waals surface area contributed by atoms with Crippen molar-refractivity contribution < 1.29 is 24.2 Å². The van der Waals surface area contributed by atoms with Gasteiger partial charge in [0, 0.05) is 12.1 Å². The van der Waals surface area contributed by atoms with E-state index in [4.69, 9.17) is 15.6 Å². The lowest BCUT2D eigenvalue weighted by atomic mass is 9.85. The molecular weight excluding hydrogens is 324 g/mol. The van der Waals surface area contributed by atoms with Gasteiger partial charge in [0.2, 0.25) is 5.91 Å². The fourth-order valence-electron chi connectivity index (χ4n) is 3.36. The van der Waals surface area contributed by atoms with Gasteiger partial charge in [0.25, 0.3) is 5.91 Å². The number of rotatable bonds is 7. The third-order valence-electron chi connectivity index (χ3n) is 4.73. The fourth-order valence-corrected chi connectivity index (χ4v) is 3.36. The minimum atomic E-state index is -1.06. The molecule has 0 saturated heterocycles. The number of benzene rings is 1. The first-order chi connectivity index (χ1) is 11.7. The smallest absolute Gasteiger partial charge is 0.341 e. The Hall–Kier alpha value is -2.57. The largest absolute Gasteiger partial charge is 0.481 e. The maximum Gasteiger partial charge on any atom is 0.341 e. The highest BCUT2D eigenvalue weighted by molar-refractivity contribution is 5.95. The van der Waals surface area contributed by atoms with Crippen LogP contribution in [0.15, 0.2) is 12.1 Å². The third-order valence-corrected chi connectivity index (χ3v) is 4.73. The average Bonchev–Trinajstić information content (AvgIpc) is 3.01. The number of hydrogen-bond donors (Lipinski definition) is 3. The van der Waals surface area contributed by atoms with Crippen molar-refractivity contribution in [1.29, 1.82) is 0 Å². The fraction of sp³-hybridized carbons (Fsp3) is 0.500. The first kappa shape index (κ1) is 18.8.